The molecule has 0 aliphatic heterocycles. The Morgan fingerprint density at radius 3 is 2.02 bits per heavy atom. The van der Waals surface area contributed by atoms with Gasteiger partial charge in [0.15, 0.2) is 5.82 Å². The maximum atomic E-state index is 6.61. The van der Waals surface area contributed by atoms with Crippen LogP contribution in [0.5, 0.6) is 0 Å². The van der Waals surface area contributed by atoms with E-state index in [0.29, 0.717) is 0 Å². The highest BCUT2D eigenvalue weighted by molar-refractivity contribution is 7.25. The van der Waals surface area contributed by atoms with Gasteiger partial charge in [0, 0.05) is 53.7 Å². The fourth-order valence-corrected chi connectivity index (χ4v) is 10.9. The van der Waals surface area contributed by atoms with Gasteiger partial charge in [-0.3, -0.25) is 4.57 Å². The summed E-state index contributed by atoms with van der Waals surface area (Å²) in [5.41, 5.74) is 12.7. The molecule has 0 saturated heterocycles. The summed E-state index contributed by atoms with van der Waals surface area (Å²) in [6, 6.07) is 56.6. The van der Waals surface area contributed by atoms with Crippen molar-refractivity contribution in [1.82, 2.24) is 19.1 Å². The minimum Gasteiger partial charge on any atom is -0.456 e. The van der Waals surface area contributed by atoms with E-state index in [1.54, 1.807) is 11.3 Å². The molecule has 0 N–H and O–H groups in total. The molecule has 6 heteroatoms. The molecule has 8 aromatic carbocycles. The number of hydrogen-bond acceptors (Lipinski definition) is 4. The van der Waals surface area contributed by atoms with E-state index in [1.165, 1.54) is 48.1 Å². The van der Waals surface area contributed by atoms with Gasteiger partial charge in [0.1, 0.15) is 27.2 Å². The van der Waals surface area contributed by atoms with Gasteiger partial charge in [0.25, 0.3) is 0 Å². The second-order valence-corrected chi connectivity index (χ2v) is 15.9. The van der Waals surface area contributed by atoms with Crippen LogP contribution in [0.2, 0.25) is 0 Å². The van der Waals surface area contributed by atoms with Crippen LogP contribution in [-0.4, -0.2) is 19.1 Å². The zero-order valence-electron chi connectivity index (χ0n) is 29.6. The average molecular weight is 731 g/mol. The van der Waals surface area contributed by atoms with E-state index in [2.05, 4.69) is 167 Å². The van der Waals surface area contributed by atoms with Crippen LogP contribution >= 0.6 is 11.3 Å². The van der Waals surface area contributed by atoms with Gasteiger partial charge in [0.2, 0.25) is 0 Å². The number of aromatic nitrogens is 4. The van der Waals surface area contributed by atoms with Crippen molar-refractivity contribution in [3.05, 3.63) is 158 Å². The summed E-state index contributed by atoms with van der Waals surface area (Å²) in [6.45, 7) is 0. The number of nitrogens with zero attached hydrogens (tertiary/aromatic N) is 4. The topological polar surface area (TPSA) is 48.8 Å². The van der Waals surface area contributed by atoms with Gasteiger partial charge in [-0.05, 0) is 76.5 Å². The minimum atomic E-state index is 0.815. The van der Waals surface area contributed by atoms with Crippen LogP contribution in [0, 0.1) is 0 Å². The summed E-state index contributed by atoms with van der Waals surface area (Å²) in [7, 11) is 0. The molecule has 13 aromatic rings. The van der Waals surface area contributed by atoms with E-state index < -0.39 is 0 Å². The molecule has 0 atom stereocenters. The van der Waals surface area contributed by atoms with E-state index in [9.17, 15) is 0 Å². The fourth-order valence-electron chi connectivity index (χ4n) is 9.87. The molecule has 5 nitrogen and oxygen atoms in total. The van der Waals surface area contributed by atoms with Crippen molar-refractivity contribution in [3.63, 3.8) is 0 Å². The molecule has 1 aliphatic rings. The molecule has 0 saturated carbocycles. The number of benzene rings is 8. The van der Waals surface area contributed by atoms with Gasteiger partial charge < -0.3 is 8.98 Å². The molecule has 14 rings (SSSR count). The standard InChI is InChI=1S/C50H26N4OS/c1-2-12-28(13-3-1)53-34-19-6-4-14-31(34)42-33(18-9-20-35(42)53)47-49(51-48-32-15-5-7-22-40(32)56-50(48)52-47)54-36-24-23-27-11-8-16-29-30-17-10-21-38-43(30)46-39(55-38)26-25-37(54)45(46)44(36)41(27)29/h1-26H. The number of hydrogen-bond donors (Lipinski definition) is 0. The Bertz CT molecular complexity index is 3880. The second kappa shape index (κ2) is 10.3. The molecule has 56 heavy (non-hydrogen) atoms. The molecule has 0 unspecified atom stereocenters. The van der Waals surface area contributed by atoms with Crippen LogP contribution in [0.3, 0.4) is 0 Å². The summed E-state index contributed by atoms with van der Waals surface area (Å²) >= 11 is 1.71. The molecule has 0 spiro atoms. The Balaban J connectivity index is 1.20. The Hall–Kier alpha value is -7.28. The lowest BCUT2D eigenvalue weighted by molar-refractivity contribution is 0.669. The second-order valence-electron chi connectivity index (χ2n) is 14.8. The maximum Gasteiger partial charge on any atom is 0.165 e. The van der Waals surface area contributed by atoms with Gasteiger partial charge in [-0.1, -0.05) is 103 Å². The highest BCUT2D eigenvalue weighted by Gasteiger charge is 2.29. The van der Waals surface area contributed by atoms with Crippen molar-refractivity contribution >= 4 is 108 Å². The van der Waals surface area contributed by atoms with Crippen molar-refractivity contribution in [2.75, 3.05) is 0 Å². The molecule has 0 fully saturated rings. The third-order valence-corrected chi connectivity index (χ3v) is 13.1. The van der Waals surface area contributed by atoms with E-state index >= 15 is 0 Å². The Morgan fingerprint density at radius 1 is 0.429 bits per heavy atom. The molecule has 258 valence electrons. The van der Waals surface area contributed by atoms with E-state index in [-0.39, 0.29) is 0 Å². The first kappa shape index (κ1) is 29.1. The van der Waals surface area contributed by atoms with Crippen molar-refractivity contribution < 1.29 is 4.42 Å². The highest BCUT2D eigenvalue weighted by atomic mass is 32.1. The lowest BCUT2D eigenvalue weighted by atomic mass is 9.95. The number of rotatable bonds is 3. The molecule has 1 aliphatic carbocycles. The van der Waals surface area contributed by atoms with Crippen molar-refractivity contribution in [2.24, 2.45) is 0 Å². The summed E-state index contributed by atoms with van der Waals surface area (Å²) < 4.78 is 12.5. The lowest BCUT2D eigenvalue weighted by Gasteiger charge is -2.15. The lowest BCUT2D eigenvalue weighted by Crippen LogP contribution is -2.03. The minimum absolute atomic E-state index is 0.815. The third-order valence-electron chi connectivity index (χ3n) is 12.1. The van der Waals surface area contributed by atoms with Crippen LogP contribution in [0.4, 0.5) is 0 Å². The van der Waals surface area contributed by atoms with Gasteiger partial charge in [-0.15, -0.1) is 11.3 Å². The first-order chi connectivity index (χ1) is 27.8. The fraction of sp³-hybridized carbons (Fsp3) is 0. The van der Waals surface area contributed by atoms with E-state index in [4.69, 9.17) is 14.4 Å². The number of furan rings is 1. The highest BCUT2D eigenvalue weighted by Crippen LogP contribution is 2.51. The van der Waals surface area contributed by atoms with Crippen LogP contribution in [0.15, 0.2) is 162 Å². The van der Waals surface area contributed by atoms with Crippen LogP contribution in [0.25, 0.3) is 131 Å². The van der Waals surface area contributed by atoms with Crippen LogP contribution in [0.1, 0.15) is 0 Å². The molecule has 5 aromatic heterocycles. The molecule has 0 bridgehead atoms. The maximum absolute atomic E-state index is 6.61. The van der Waals surface area contributed by atoms with Crippen LogP contribution < -0.4 is 0 Å². The molecular weight excluding hydrogens is 705 g/mol. The third kappa shape index (κ3) is 3.51. The average Bonchev–Trinajstić information content (AvgIpc) is 3.98. The van der Waals surface area contributed by atoms with E-state index in [1.807, 2.05) is 0 Å². The van der Waals surface area contributed by atoms with Gasteiger partial charge in [-0.2, -0.15) is 0 Å². The summed E-state index contributed by atoms with van der Waals surface area (Å²) in [5, 5.41) is 10.7. The van der Waals surface area contributed by atoms with Crippen molar-refractivity contribution in [3.8, 4) is 33.9 Å². The van der Waals surface area contributed by atoms with Gasteiger partial charge in [0.05, 0.1) is 22.1 Å². The molecule has 5 heterocycles. The predicted molar refractivity (Wildman–Crippen MR) is 233 cm³/mol. The first-order valence-electron chi connectivity index (χ1n) is 18.9. The SMILES string of the molecule is c1ccc(-n2c3ccccc3c3c(-c4nc5sc6ccccc6c5nc4-n4c5ccc6cccc7c6c5c5c6c(ccc54)oc4cccc-7c46)cccc32)cc1. The number of fused-ring (bicyclic) bond motifs is 7. The summed E-state index contributed by atoms with van der Waals surface area (Å²) in [6.07, 6.45) is 0. The van der Waals surface area contributed by atoms with Gasteiger partial charge in [-0.25, -0.2) is 9.97 Å². The van der Waals surface area contributed by atoms with Crippen LogP contribution in [-0.2, 0) is 0 Å². The normalized spacial score (nSPS) is 12.6. The van der Waals surface area contributed by atoms with Crippen molar-refractivity contribution in [1.29, 1.82) is 0 Å². The zero-order valence-corrected chi connectivity index (χ0v) is 30.4. The molecular formula is C50H26N4OS. The summed E-state index contributed by atoms with van der Waals surface area (Å²) in [4.78, 5) is 12.3. The van der Waals surface area contributed by atoms with E-state index in [0.717, 1.165) is 82.5 Å². The molecule has 0 radical (unpaired) electrons. The van der Waals surface area contributed by atoms with Crippen molar-refractivity contribution in [2.45, 2.75) is 0 Å². The Labute approximate surface area is 321 Å². The largest absolute Gasteiger partial charge is 0.456 e. The van der Waals surface area contributed by atoms with Gasteiger partial charge >= 0.3 is 0 Å². The quantitative estimate of drug-likeness (QED) is 0.182. The Kier molecular flexibility index (Phi) is 5.34. The zero-order chi connectivity index (χ0) is 36.2. The monoisotopic (exact) mass is 730 g/mol. The smallest absolute Gasteiger partial charge is 0.165 e. The molecule has 0 amide bonds. The predicted octanol–water partition coefficient (Wildman–Crippen LogP) is 13.7. The first-order valence-corrected chi connectivity index (χ1v) is 19.7. The Morgan fingerprint density at radius 2 is 1.11 bits per heavy atom. The number of thiophene rings is 1. The number of para-hydroxylation sites is 2. The summed E-state index contributed by atoms with van der Waals surface area (Å²) in [5.74, 6) is 0.815.